The number of likely N-dealkylation sites (N-methyl/N-ethyl adjacent to an activating group) is 1. The minimum absolute atomic E-state index is 0.0860. The Bertz CT molecular complexity index is 476. The zero-order valence-corrected chi connectivity index (χ0v) is 11.0. The lowest BCUT2D eigenvalue weighted by Crippen LogP contribution is -2.38. The van der Waals surface area contributed by atoms with E-state index in [2.05, 4.69) is 0 Å². The Morgan fingerprint density at radius 2 is 2.11 bits per heavy atom. The third-order valence-corrected chi connectivity index (χ3v) is 3.11. The first-order valence-corrected chi connectivity index (χ1v) is 6.02. The van der Waals surface area contributed by atoms with Crippen molar-refractivity contribution in [3.05, 3.63) is 23.8 Å². The molecule has 1 heterocycles. The zero-order valence-electron chi connectivity index (χ0n) is 11.0. The van der Waals surface area contributed by atoms with E-state index in [4.69, 9.17) is 20.3 Å². The quantitative estimate of drug-likeness (QED) is 0.820. The fourth-order valence-corrected chi connectivity index (χ4v) is 2.34. The van der Waals surface area contributed by atoms with Crippen molar-refractivity contribution < 1.29 is 19.4 Å². The van der Waals surface area contributed by atoms with Crippen LogP contribution >= 0.6 is 0 Å². The van der Waals surface area contributed by atoms with E-state index in [1.807, 2.05) is 37.2 Å². The van der Waals surface area contributed by atoms with E-state index >= 15 is 0 Å². The summed E-state index contributed by atoms with van der Waals surface area (Å²) in [7, 11) is 3.74. The molecule has 0 aliphatic carbocycles. The molecule has 0 saturated heterocycles. The van der Waals surface area contributed by atoms with Gasteiger partial charge in [-0.2, -0.15) is 0 Å². The van der Waals surface area contributed by atoms with Gasteiger partial charge in [-0.25, -0.2) is 0 Å². The van der Waals surface area contributed by atoms with E-state index in [1.165, 1.54) is 0 Å². The molecule has 0 aromatic heterocycles. The average Bonchev–Trinajstić information content (AvgIpc) is 2.74. The van der Waals surface area contributed by atoms with E-state index in [1.54, 1.807) is 0 Å². The predicted molar refractivity (Wildman–Crippen MR) is 69.2 cm³/mol. The molecule has 0 amide bonds. The maximum atomic E-state index is 10.8. The maximum absolute atomic E-state index is 10.8. The number of hydrogen-bond donors (Lipinski definition) is 2. The topological polar surface area (TPSA) is 85.0 Å². The number of carboxylic acid groups (broad SMARTS) is 1. The summed E-state index contributed by atoms with van der Waals surface area (Å²) in [6.07, 6.45) is -0.0860. The lowest BCUT2D eigenvalue weighted by Gasteiger charge is -2.29. The Labute approximate surface area is 111 Å². The van der Waals surface area contributed by atoms with Gasteiger partial charge >= 0.3 is 5.97 Å². The third kappa shape index (κ3) is 2.97. The Morgan fingerprint density at radius 1 is 1.42 bits per heavy atom. The van der Waals surface area contributed by atoms with Gasteiger partial charge in [0.15, 0.2) is 11.5 Å². The lowest BCUT2D eigenvalue weighted by atomic mass is 9.96. The summed E-state index contributed by atoms with van der Waals surface area (Å²) in [5, 5.41) is 8.87. The molecule has 3 N–H and O–H groups in total. The van der Waals surface area contributed by atoms with Crippen LogP contribution in [0, 0.1) is 0 Å². The average molecular weight is 266 g/mol. The second kappa shape index (κ2) is 5.46. The number of hydrogen-bond acceptors (Lipinski definition) is 5. The molecule has 19 heavy (non-hydrogen) atoms. The van der Waals surface area contributed by atoms with Gasteiger partial charge < -0.3 is 25.2 Å². The second-order valence-electron chi connectivity index (χ2n) is 4.78. The van der Waals surface area contributed by atoms with Crippen LogP contribution < -0.4 is 15.2 Å². The van der Waals surface area contributed by atoms with Crippen molar-refractivity contribution in [2.75, 3.05) is 20.9 Å². The van der Waals surface area contributed by atoms with Crippen LogP contribution in [-0.4, -0.2) is 42.9 Å². The van der Waals surface area contributed by atoms with Crippen LogP contribution in [-0.2, 0) is 4.79 Å². The monoisotopic (exact) mass is 266 g/mol. The van der Waals surface area contributed by atoms with Gasteiger partial charge in [0.2, 0.25) is 6.79 Å². The number of benzene rings is 1. The number of nitrogens with zero attached hydrogens (tertiary/aromatic N) is 1. The SMILES string of the molecule is CN(C)C(c1ccc2c(c1)OCO2)C(N)CC(=O)O. The minimum atomic E-state index is -0.903. The van der Waals surface area contributed by atoms with E-state index in [0.717, 1.165) is 5.56 Å². The molecule has 0 bridgehead atoms. The third-order valence-electron chi connectivity index (χ3n) is 3.11. The second-order valence-corrected chi connectivity index (χ2v) is 4.78. The van der Waals surface area contributed by atoms with Crippen LogP contribution in [0.25, 0.3) is 0 Å². The van der Waals surface area contributed by atoms with E-state index in [0.29, 0.717) is 11.5 Å². The molecule has 2 rings (SSSR count). The summed E-state index contributed by atoms with van der Waals surface area (Å²) in [5.74, 6) is 0.472. The highest BCUT2D eigenvalue weighted by molar-refractivity contribution is 5.67. The number of fused-ring (bicyclic) bond motifs is 1. The Balaban J connectivity index is 2.26. The molecular weight excluding hydrogens is 248 g/mol. The summed E-state index contributed by atoms with van der Waals surface area (Å²) in [5.41, 5.74) is 6.92. The normalized spacial score (nSPS) is 16.4. The summed E-state index contributed by atoms with van der Waals surface area (Å²) in [6.45, 7) is 0.215. The number of ether oxygens (including phenoxy) is 2. The van der Waals surface area contributed by atoms with Gasteiger partial charge in [-0.15, -0.1) is 0 Å². The van der Waals surface area contributed by atoms with Gasteiger partial charge in [-0.1, -0.05) is 6.07 Å². The Kier molecular flexibility index (Phi) is 3.92. The molecule has 6 nitrogen and oxygen atoms in total. The molecule has 6 heteroatoms. The molecule has 0 saturated carbocycles. The van der Waals surface area contributed by atoms with Crippen molar-refractivity contribution in [1.29, 1.82) is 0 Å². The highest BCUT2D eigenvalue weighted by Crippen LogP contribution is 2.35. The van der Waals surface area contributed by atoms with Crippen molar-refractivity contribution in [2.24, 2.45) is 5.73 Å². The molecule has 1 aromatic rings. The molecule has 0 radical (unpaired) electrons. The van der Waals surface area contributed by atoms with Crippen LogP contribution in [0.2, 0.25) is 0 Å². The van der Waals surface area contributed by atoms with Crippen molar-refractivity contribution in [3.63, 3.8) is 0 Å². The van der Waals surface area contributed by atoms with Crippen LogP contribution in [0.1, 0.15) is 18.0 Å². The predicted octanol–water partition coefficient (Wildman–Crippen LogP) is 0.820. The molecule has 0 spiro atoms. The molecule has 2 unspecified atom stereocenters. The zero-order chi connectivity index (χ0) is 14.0. The molecule has 1 aromatic carbocycles. The number of nitrogens with two attached hydrogens (primary N) is 1. The largest absolute Gasteiger partial charge is 0.481 e. The molecule has 1 aliphatic heterocycles. The van der Waals surface area contributed by atoms with Crippen LogP contribution in [0.3, 0.4) is 0 Å². The number of aliphatic carboxylic acids is 1. The summed E-state index contributed by atoms with van der Waals surface area (Å²) < 4.78 is 10.6. The van der Waals surface area contributed by atoms with Gasteiger partial charge in [0.25, 0.3) is 0 Å². The highest BCUT2D eigenvalue weighted by Gasteiger charge is 2.26. The smallest absolute Gasteiger partial charge is 0.304 e. The van der Waals surface area contributed by atoms with Gasteiger partial charge in [0, 0.05) is 6.04 Å². The first-order valence-electron chi connectivity index (χ1n) is 6.02. The van der Waals surface area contributed by atoms with E-state index < -0.39 is 12.0 Å². The maximum Gasteiger partial charge on any atom is 0.304 e. The van der Waals surface area contributed by atoms with Crippen LogP contribution in [0.15, 0.2) is 18.2 Å². The van der Waals surface area contributed by atoms with E-state index in [9.17, 15) is 4.79 Å². The van der Waals surface area contributed by atoms with Crippen LogP contribution in [0.5, 0.6) is 11.5 Å². The van der Waals surface area contributed by atoms with Gasteiger partial charge in [-0.3, -0.25) is 4.79 Å². The van der Waals surface area contributed by atoms with Gasteiger partial charge in [0.1, 0.15) is 0 Å². The summed E-state index contributed by atoms with van der Waals surface area (Å²) >= 11 is 0. The molecule has 104 valence electrons. The van der Waals surface area contributed by atoms with Crippen LogP contribution in [0.4, 0.5) is 0 Å². The summed E-state index contributed by atoms with van der Waals surface area (Å²) in [6, 6.07) is 4.88. The van der Waals surface area contributed by atoms with Gasteiger partial charge in [-0.05, 0) is 31.8 Å². The minimum Gasteiger partial charge on any atom is -0.481 e. The Hall–Kier alpha value is -1.79. The lowest BCUT2D eigenvalue weighted by molar-refractivity contribution is -0.137. The number of rotatable bonds is 5. The fraction of sp³-hybridized carbons (Fsp3) is 0.462. The Morgan fingerprint density at radius 3 is 2.74 bits per heavy atom. The van der Waals surface area contributed by atoms with Crippen molar-refractivity contribution >= 4 is 5.97 Å². The van der Waals surface area contributed by atoms with E-state index in [-0.39, 0.29) is 19.3 Å². The summed E-state index contributed by atoms with van der Waals surface area (Å²) in [4.78, 5) is 12.7. The van der Waals surface area contributed by atoms with Crippen molar-refractivity contribution in [2.45, 2.75) is 18.5 Å². The number of carbonyl (C=O) groups is 1. The first kappa shape index (κ1) is 13.6. The van der Waals surface area contributed by atoms with Gasteiger partial charge in [0.05, 0.1) is 12.5 Å². The molecule has 2 atom stereocenters. The van der Waals surface area contributed by atoms with Crippen molar-refractivity contribution in [3.8, 4) is 11.5 Å². The van der Waals surface area contributed by atoms with Crippen molar-refractivity contribution in [1.82, 2.24) is 4.90 Å². The molecule has 0 fully saturated rings. The number of carboxylic acids is 1. The first-order chi connectivity index (χ1) is 8.99. The molecular formula is C13H18N2O4. The standard InChI is InChI=1S/C13H18N2O4/c1-15(2)13(9(14)6-12(16)17)8-3-4-10-11(5-8)19-7-18-10/h3-5,9,13H,6-7,14H2,1-2H3,(H,16,17). The fourth-order valence-electron chi connectivity index (χ4n) is 2.34. The highest BCUT2D eigenvalue weighted by atomic mass is 16.7. The molecule has 1 aliphatic rings.